The van der Waals surface area contributed by atoms with Crippen molar-refractivity contribution in [2.24, 2.45) is 5.73 Å². The lowest BCUT2D eigenvalue weighted by Gasteiger charge is -2.38. The molecule has 1 atom stereocenters. The second-order valence-corrected chi connectivity index (χ2v) is 6.03. The van der Waals surface area contributed by atoms with E-state index in [4.69, 9.17) is 15.2 Å². The summed E-state index contributed by atoms with van der Waals surface area (Å²) in [5, 5.41) is 3.56. The first-order valence-corrected chi connectivity index (χ1v) is 7.39. The molecule has 1 aromatic carbocycles. The van der Waals surface area contributed by atoms with Crippen LogP contribution < -0.4 is 20.5 Å². The van der Waals surface area contributed by atoms with Crippen molar-refractivity contribution in [3.63, 3.8) is 0 Å². The van der Waals surface area contributed by atoms with Crippen LogP contribution in [0.4, 0.5) is 0 Å². The van der Waals surface area contributed by atoms with Crippen molar-refractivity contribution in [2.45, 2.75) is 45.3 Å². The second kappa shape index (κ2) is 6.35. The number of carbonyl (C=O) groups excluding carboxylic acids is 1. The van der Waals surface area contributed by atoms with E-state index < -0.39 is 5.91 Å². The number of carbonyl (C=O) groups is 1. The zero-order valence-electron chi connectivity index (χ0n) is 12.9. The van der Waals surface area contributed by atoms with Gasteiger partial charge in [0.15, 0.2) is 6.61 Å². The Balaban J connectivity index is 2.21. The van der Waals surface area contributed by atoms with E-state index in [0.717, 1.165) is 30.7 Å². The molecule has 1 heterocycles. The third-order valence-electron chi connectivity index (χ3n) is 3.46. The fraction of sp³-hybridized carbons (Fsp3) is 0.562. The molecule has 0 saturated heterocycles. The molecule has 21 heavy (non-hydrogen) atoms. The predicted octanol–water partition coefficient (Wildman–Crippen LogP) is 2.15. The van der Waals surface area contributed by atoms with Crippen LogP contribution in [0.25, 0.3) is 0 Å². The molecule has 1 aromatic rings. The third-order valence-corrected chi connectivity index (χ3v) is 3.46. The second-order valence-electron chi connectivity index (χ2n) is 6.03. The molecule has 5 heteroatoms. The fourth-order valence-electron chi connectivity index (χ4n) is 2.58. The summed E-state index contributed by atoms with van der Waals surface area (Å²) in [6.45, 7) is 7.15. The third kappa shape index (κ3) is 4.11. The van der Waals surface area contributed by atoms with Gasteiger partial charge in [0, 0.05) is 24.1 Å². The molecule has 1 aliphatic heterocycles. The van der Waals surface area contributed by atoms with Gasteiger partial charge in [0.25, 0.3) is 5.91 Å². The summed E-state index contributed by atoms with van der Waals surface area (Å²) in [6.07, 6.45) is 2.01. The van der Waals surface area contributed by atoms with E-state index in [1.165, 1.54) is 0 Å². The van der Waals surface area contributed by atoms with Crippen LogP contribution >= 0.6 is 0 Å². The van der Waals surface area contributed by atoms with E-state index in [9.17, 15) is 4.79 Å². The van der Waals surface area contributed by atoms with Crippen LogP contribution in [0.1, 0.15) is 45.2 Å². The van der Waals surface area contributed by atoms with Gasteiger partial charge in [-0.05, 0) is 32.9 Å². The number of amides is 1. The van der Waals surface area contributed by atoms with Gasteiger partial charge in [0.2, 0.25) is 0 Å². The monoisotopic (exact) mass is 292 g/mol. The Morgan fingerprint density at radius 2 is 2.29 bits per heavy atom. The number of hydrogen-bond donors (Lipinski definition) is 2. The van der Waals surface area contributed by atoms with Crippen molar-refractivity contribution in [3.05, 3.63) is 23.8 Å². The van der Waals surface area contributed by atoms with Crippen molar-refractivity contribution in [1.29, 1.82) is 0 Å². The predicted molar refractivity (Wildman–Crippen MR) is 81.5 cm³/mol. The summed E-state index contributed by atoms with van der Waals surface area (Å²) in [4.78, 5) is 10.8. The van der Waals surface area contributed by atoms with E-state index in [1.54, 1.807) is 0 Å². The van der Waals surface area contributed by atoms with E-state index in [1.807, 2.05) is 18.2 Å². The lowest BCUT2D eigenvalue weighted by molar-refractivity contribution is -0.119. The number of nitrogens with one attached hydrogen (secondary N) is 1. The molecule has 0 saturated carbocycles. The summed E-state index contributed by atoms with van der Waals surface area (Å²) in [7, 11) is 0. The van der Waals surface area contributed by atoms with Gasteiger partial charge in [0.05, 0.1) is 0 Å². The first-order chi connectivity index (χ1) is 9.91. The summed E-state index contributed by atoms with van der Waals surface area (Å²) in [5.41, 5.74) is 5.99. The van der Waals surface area contributed by atoms with Crippen LogP contribution in [0, 0.1) is 0 Å². The van der Waals surface area contributed by atoms with Crippen molar-refractivity contribution in [2.75, 3.05) is 13.2 Å². The van der Waals surface area contributed by atoms with Crippen molar-refractivity contribution < 1.29 is 14.3 Å². The highest BCUT2D eigenvalue weighted by molar-refractivity contribution is 5.75. The molecule has 0 spiro atoms. The maximum Gasteiger partial charge on any atom is 0.255 e. The quantitative estimate of drug-likeness (QED) is 0.842. The number of primary amides is 1. The van der Waals surface area contributed by atoms with Crippen LogP contribution in [0.3, 0.4) is 0 Å². The molecule has 5 nitrogen and oxygen atoms in total. The molecular weight excluding hydrogens is 268 g/mol. The van der Waals surface area contributed by atoms with Gasteiger partial charge < -0.3 is 20.5 Å². The summed E-state index contributed by atoms with van der Waals surface area (Å²) in [5.74, 6) is 0.915. The number of hydrogen-bond acceptors (Lipinski definition) is 4. The Labute approximate surface area is 125 Å². The SMILES string of the molecule is CCCNC1CC(C)(C)Oc2cc(OCC(N)=O)ccc21. The molecule has 0 bridgehead atoms. The molecule has 2 rings (SSSR count). The van der Waals surface area contributed by atoms with Gasteiger partial charge in [-0.25, -0.2) is 0 Å². The lowest BCUT2D eigenvalue weighted by Crippen LogP contribution is -2.39. The molecule has 0 radical (unpaired) electrons. The average molecular weight is 292 g/mol. The summed E-state index contributed by atoms with van der Waals surface area (Å²) in [6, 6.07) is 5.95. The average Bonchev–Trinajstić information content (AvgIpc) is 2.40. The van der Waals surface area contributed by atoms with E-state index in [0.29, 0.717) is 5.75 Å². The molecular formula is C16H24N2O3. The van der Waals surface area contributed by atoms with Crippen LogP contribution in [0.5, 0.6) is 11.5 Å². The Kier molecular flexibility index (Phi) is 4.73. The van der Waals surface area contributed by atoms with Gasteiger partial charge in [-0.3, -0.25) is 4.79 Å². The maximum absolute atomic E-state index is 10.8. The number of ether oxygens (including phenoxy) is 2. The maximum atomic E-state index is 10.8. The van der Waals surface area contributed by atoms with Crippen molar-refractivity contribution in [1.82, 2.24) is 5.32 Å². The highest BCUT2D eigenvalue weighted by Crippen LogP contribution is 2.41. The standard InChI is InChI=1S/C16H24N2O3/c1-4-7-18-13-9-16(2,3)21-14-8-11(5-6-12(13)14)20-10-15(17)19/h5-6,8,13,18H,4,7,9-10H2,1-3H3,(H2,17,19). The Bertz CT molecular complexity index is 514. The molecule has 0 aliphatic carbocycles. The van der Waals surface area contributed by atoms with Gasteiger partial charge in [-0.1, -0.05) is 13.0 Å². The van der Waals surface area contributed by atoms with Crippen LogP contribution in [-0.4, -0.2) is 24.7 Å². The molecule has 0 fully saturated rings. The van der Waals surface area contributed by atoms with E-state index >= 15 is 0 Å². The minimum atomic E-state index is -0.489. The fourth-order valence-corrected chi connectivity index (χ4v) is 2.58. The molecule has 116 valence electrons. The molecule has 1 unspecified atom stereocenters. The van der Waals surface area contributed by atoms with E-state index in [2.05, 4.69) is 26.1 Å². The molecule has 0 aromatic heterocycles. The highest BCUT2D eigenvalue weighted by Gasteiger charge is 2.33. The van der Waals surface area contributed by atoms with E-state index in [-0.39, 0.29) is 18.2 Å². The Morgan fingerprint density at radius 1 is 1.52 bits per heavy atom. The first kappa shape index (κ1) is 15.6. The number of nitrogens with two attached hydrogens (primary N) is 1. The number of benzene rings is 1. The molecule has 1 amide bonds. The van der Waals surface area contributed by atoms with Crippen LogP contribution in [0.2, 0.25) is 0 Å². The van der Waals surface area contributed by atoms with Crippen molar-refractivity contribution >= 4 is 5.91 Å². The smallest absolute Gasteiger partial charge is 0.255 e. The summed E-state index contributed by atoms with van der Waals surface area (Å²) < 4.78 is 11.4. The lowest BCUT2D eigenvalue weighted by atomic mass is 9.89. The Morgan fingerprint density at radius 3 is 2.95 bits per heavy atom. The minimum absolute atomic E-state index is 0.125. The highest BCUT2D eigenvalue weighted by atomic mass is 16.5. The largest absolute Gasteiger partial charge is 0.487 e. The van der Waals surface area contributed by atoms with Gasteiger partial charge in [-0.2, -0.15) is 0 Å². The van der Waals surface area contributed by atoms with Crippen LogP contribution in [0.15, 0.2) is 18.2 Å². The van der Waals surface area contributed by atoms with Crippen LogP contribution in [-0.2, 0) is 4.79 Å². The summed E-state index contributed by atoms with van der Waals surface area (Å²) >= 11 is 0. The first-order valence-electron chi connectivity index (χ1n) is 7.39. The minimum Gasteiger partial charge on any atom is -0.487 e. The zero-order chi connectivity index (χ0) is 15.5. The number of rotatable bonds is 6. The normalized spacial score (nSPS) is 19.5. The van der Waals surface area contributed by atoms with Crippen molar-refractivity contribution in [3.8, 4) is 11.5 Å². The topological polar surface area (TPSA) is 73.6 Å². The van der Waals surface area contributed by atoms with Gasteiger partial charge in [0.1, 0.15) is 17.1 Å². The Hall–Kier alpha value is -1.75. The number of fused-ring (bicyclic) bond motifs is 1. The molecule has 3 N–H and O–H groups in total. The van der Waals surface area contributed by atoms with Gasteiger partial charge >= 0.3 is 0 Å². The van der Waals surface area contributed by atoms with Gasteiger partial charge in [-0.15, -0.1) is 0 Å². The zero-order valence-corrected chi connectivity index (χ0v) is 12.9. The molecule has 1 aliphatic rings.